The average Bonchev–Trinajstić information content (AvgIpc) is 2.76. The van der Waals surface area contributed by atoms with Crippen molar-refractivity contribution < 1.29 is 14.3 Å². The summed E-state index contributed by atoms with van der Waals surface area (Å²) in [7, 11) is 0. The van der Waals surface area contributed by atoms with E-state index in [0.29, 0.717) is 17.6 Å². The highest BCUT2D eigenvalue weighted by atomic mass is 16.5. The number of esters is 1. The lowest BCUT2D eigenvalue weighted by atomic mass is 9.68. The number of allylic oxidation sites excluding steroid dienone is 3. The number of nitrogens with one attached hydrogen (secondary N) is 1. The SMILES string of the molecule is CCc1ccc([C@@H]2C(C(=O)OCc3ccccc3)=C(C)NC3=C2C(=O)CC(C)(C)C3)cc1. The molecule has 2 aromatic carbocycles. The molecule has 166 valence electrons. The van der Waals surface area contributed by atoms with Gasteiger partial charge in [0, 0.05) is 29.3 Å². The monoisotopic (exact) mass is 429 g/mol. The molecule has 1 aliphatic heterocycles. The second-order valence-corrected chi connectivity index (χ2v) is 9.59. The van der Waals surface area contributed by atoms with Gasteiger partial charge in [0.2, 0.25) is 0 Å². The molecule has 2 aliphatic rings. The minimum absolute atomic E-state index is 0.106. The zero-order valence-corrected chi connectivity index (χ0v) is 19.3. The number of Topliss-reactive ketones (excluding diaryl/α,β-unsaturated/α-hetero) is 1. The first-order valence-corrected chi connectivity index (χ1v) is 11.3. The maximum absolute atomic E-state index is 13.3. The van der Waals surface area contributed by atoms with Crippen LogP contribution in [0.15, 0.2) is 77.1 Å². The molecule has 0 fully saturated rings. The Morgan fingerprint density at radius 3 is 2.38 bits per heavy atom. The predicted molar refractivity (Wildman–Crippen MR) is 126 cm³/mol. The summed E-state index contributed by atoms with van der Waals surface area (Å²) in [5.74, 6) is -0.689. The molecule has 0 radical (unpaired) electrons. The van der Waals surface area contributed by atoms with Crippen LogP contribution >= 0.6 is 0 Å². The number of hydrogen-bond acceptors (Lipinski definition) is 4. The molecule has 32 heavy (non-hydrogen) atoms. The standard InChI is InChI=1S/C28H31NO3/c1-5-19-11-13-21(14-12-19)25-24(27(31)32-17-20-9-7-6-8-10-20)18(2)29-22-15-28(3,4)16-23(30)26(22)25/h6-14,25,29H,5,15-17H2,1-4H3/t25-/m1/s1. The van der Waals surface area contributed by atoms with Gasteiger partial charge in [-0.05, 0) is 41.9 Å². The Morgan fingerprint density at radius 2 is 1.72 bits per heavy atom. The molecule has 0 aromatic heterocycles. The number of hydrogen-bond donors (Lipinski definition) is 1. The molecule has 2 aromatic rings. The van der Waals surface area contributed by atoms with Gasteiger partial charge in [0.15, 0.2) is 5.78 Å². The maximum Gasteiger partial charge on any atom is 0.337 e. The first kappa shape index (κ1) is 22.1. The number of rotatable bonds is 5. The van der Waals surface area contributed by atoms with Crippen molar-refractivity contribution in [1.29, 1.82) is 0 Å². The summed E-state index contributed by atoms with van der Waals surface area (Å²) in [6.45, 7) is 8.45. The zero-order valence-electron chi connectivity index (χ0n) is 19.3. The minimum Gasteiger partial charge on any atom is -0.457 e. The molecular formula is C28H31NO3. The number of carbonyl (C=O) groups is 2. The Labute approximate surface area is 190 Å². The second-order valence-electron chi connectivity index (χ2n) is 9.59. The van der Waals surface area contributed by atoms with E-state index in [9.17, 15) is 9.59 Å². The summed E-state index contributed by atoms with van der Waals surface area (Å²) in [5.41, 5.74) is 5.94. The van der Waals surface area contributed by atoms with Crippen LogP contribution in [0.25, 0.3) is 0 Å². The van der Waals surface area contributed by atoms with Crippen molar-refractivity contribution in [2.75, 3.05) is 0 Å². The highest BCUT2D eigenvalue weighted by Crippen LogP contribution is 2.46. The zero-order chi connectivity index (χ0) is 22.9. The van der Waals surface area contributed by atoms with E-state index >= 15 is 0 Å². The van der Waals surface area contributed by atoms with E-state index in [0.717, 1.165) is 35.4 Å². The van der Waals surface area contributed by atoms with E-state index < -0.39 is 5.92 Å². The van der Waals surface area contributed by atoms with Crippen LogP contribution in [0.2, 0.25) is 0 Å². The van der Waals surface area contributed by atoms with Crippen molar-refractivity contribution in [3.8, 4) is 0 Å². The van der Waals surface area contributed by atoms with Gasteiger partial charge in [-0.15, -0.1) is 0 Å². The van der Waals surface area contributed by atoms with Gasteiger partial charge in [-0.25, -0.2) is 4.79 Å². The molecule has 0 spiro atoms. The van der Waals surface area contributed by atoms with Gasteiger partial charge in [0.1, 0.15) is 6.61 Å². The van der Waals surface area contributed by atoms with E-state index in [2.05, 4.69) is 38.2 Å². The van der Waals surface area contributed by atoms with Crippen LogP contribution in [0.3, 0.4) is 0 Å². The van der Waals surface area contributed by atoms with Crippen LogP contribution in [-0.4, -0.2) is 11.8 Å². The fourth-order valence-electron chi connectivity index (χ4n) is 4.79. The molecule has 1 atom stereocenters. The predicted octanol–water partition coefficient (Wildman–Crippen LogP) is 5.60. The lowest BCUT2D eigenvalue weighted by molar-refractivity contribution is -0.140. The Balaban J connectivity index is 1.73. The number of benzene rings is 2. The van der Waals surface area contributed by atoms with Gasteiger partial charge >= 0.3 is 5.97 Å². The topological polar surface area (TPSA) is 55.4 Å². The number of ether oxygens (including phenoxy) is 1. The molecular weight excluding hydrogens is 398 g/mol. The number of carbonyl (C=O) groups excluding carboxylic acids is 2. The summed E-state index contributed by atoms with van der Waals surface area (Å²) < 4.78 is 5.72. The van der Waals surface area contributed by atoms with E-state index in [4.69, 9.17) is 4.74 Å². The Kier molecular flexibility index (Phi) is 6.05. The second kappa shape index (κ2) is 8.78. The van der Waals surface area contributed by atoms with Gasteiger partial charge in [-0.1, -0.05) is 75.4 Å². The van der Waals surface area contributed by atoms with Crippen molar-refractivity contribution in [2.45, 2.75) is 59.5 Å². The molecule has 1 N–H and O–H groups in total. The molecule has 0 bridgehead atoms. The summed E-state index contributed by atoms with van der Waals surface area (Å²) in [4.78, 5) is 26.7. The van der Waals surface area contributed by atoms with Crippen molar-refractivity contribution in [3.05, 3.63) is 93.8 Å². The highest BCUT2D eigenvalue weighted by Gasteiger charge is 2.43. The number of aryl methyl sites for hydroxylation is 1. The van der Waals surface area contributed by atoms with Gasteiger partial charge in [0.05, 0.1) is 5.57 Å². The first-order valence-electron chi connectivity index (χ1n) is 11.3. The quantitative estimate of drug-likeness (QED) is 0.629. The van der Waals surface area contributed by atoms with E-state index in [-0.39, 0.29) is 23.8 Å². The number of dihydropyridines is 1. The molecule has 4 nitrogen and oxygen atoms in total. The average molecular weight is 430 g/mol. The summed E-state index contributed by atoms with van der Waals surface area (Å²) >= 11 is 0. The molecule has 0 unspecified atom stereocenters. The third-order valence-electron chi connectivity index (χ3n) is 6.39. The molecule has 1 aliphatic carbocycles. The Morgan fingerprint density at radius 1 is 1.03 bits per heavy atom. The van der Waals surface area contributed by atoms with Gasteiger partial charge in [-0.3, -0.25) is 4.79 Å². The molecule has 0 saturated carbocycles. The normalized spacial score (nSPS) is 20.0. The van der Waals surface area contributed by atoms with Crippen molar-refractivity contribution in [2.24, 2.45) is 5.41 Å². The van der Waals surface area contributed by atoms with Crippen LogP contribution in [-0.2, 0) is 27.4 Å². The van der Waals surface area contributed by atoms with Crippen LogP contribution < -0.4 is 5.32 Å². The lowest BCUT2D eigenvalue weighted by Crippen LogP contribution is -2.38. The van der Waals surface area contributed by atoms with E-state index in [1.165, 1.54) is 5.56 Å². The van der Waals surface area contributed by atoms with Crippen LogP contribution in [0.5, 0.6) is 0 Å². The Hall–Kier alpha value is -3.14. The van der Waals surface area contributed by atoms with Crippen molar-refractivity contribution in [3.63, 3.8) is 0 Å². The highest BCUT2D eigenvalue weighted by molar-refractivity contribution is 6.04. The van der Waals surface area contributed by atoms with Crippen LogP contribution in [0.4, 0.5) is 0 Å². The summed E-state index contributed by atoms with van der Waals surface area (Å²) in [5, 5.41) is 3.39. The minimum atomic E-state index is -0.413. The number of ketones is 1. The fraction of sp³-hybridized carbons (Fsp3) is 0.357. The summed E-state index contributed by atoms with van der Waals surface area (Å²) in [6.07, 6.45) is 2.19. The van der Waals surface area contributed by atoms with Crippen LogP contribution in [0, 0.1) is 5.41 Å². The van der Waals surface area contributed by atoms with Crippen molar-refractivity contribution in [1.82, 2.24) is 5.32 Å². The third-order valence-corrected chi connectivity index (χ3v) is 6.39. The molecule has 4 rings (SSSR count). The van der Waals surface area contributed by atoms with E-state index in [1.54, 1.807) is 0 Å². The van der Waals surface area contributed by atoms with Gasteiger partial charge < -0.3 is 10.1 Å². The smallest absolute Gasteiger partial charge is 0.337 e. The third kappa shape index (κ3) is 4.40. The molecule has 0 amide bonds. The van der Waals surface area contributed by atoms with E-state index in [1.807, 2.05) is 49.4 Å². The molecule has 0 saturated heterocycles. The molecule has 1 heterocycles. The van der Waals surface area contributed by atoms with Gasteiger partial charge in [0.25, 0.3) is 0 Å². The largest absolute Gasteiger partial charge is 0.457 e. The summed E-state index contributed by atoms with van der Waals surface area (Å²) in [6, 6.07) is 17.9. The molecule has 4 heteroatoms. The Bertz CT molecular complexity index is 1090. The van der Waals surface area contributed by atoms with Gasteiger partial charge in [-0.2, -0.15) is 0 Å². The maximum atomic E-state index is 13.3. The van der Waals surface area contributed by atoms with Crippen LogP contribution in [0.1, 0.15) is 63.1 Å². The lowest BCUT2D eigenvalue weighted by Gasteiger charge is -2.39. The fourth-order valence-corrected chi connectivity index (χ4v) is 4.79. The van der Waals surface area contributed by atoms with Crippen molar-refractivity contribution >= 4 is 11.8 Å². The first-order chi connectivity index (χ1) is 15.3.